The molecule has 0 aliphatic rings. The van der Waals surface area contributed by atoms with Crippen LogP contribution in [-0.2, 0) is 0 Å². The van der Waals surface area contributed by atoms with Crippen LogP contribution in [0.4, 0.5) is 11.4 Å². The van der Waals surface area contributed by atoms with Crippen molar-refractivity contribution in [1.29, 1.82) is 0 Å². The van der Waals surface area contributed by atoms with Gasteiger partial charge in [0.05, 0.1) is 11.4 Å². The fraction of sp³-hybridized carbons (Fsp3) is 0. The van der Waals surface area contributed by atoms with Crippen LogP contribution in [-0.4, -0.2) is 5.11 Å². The molecule has 4 heteroatoms. The monoisotopic (exact) mass is 232 g/mol. The zero-order valence-electron chi connectivity index (χ0n) is 8.55. The summed E-state index contributed by atoms with van der Waals surface area (Å²) >= 11 is 1.57. The number of nitrogen functional groups attached to an aromatic ring is 2. The highest BCUT2D eigenvalue weighted by Gasteiger charge is 2.00. The molecule has 0 saturated heterocycles. The Morgan fingerprint density at radius 1 is 0.812 bits per heavy atom. The van der Waals surface area contributed by atoms with E-state index in [-0.39, 0.29) is 5.75 Å². The second kappa shape index (κ2) is 4.37. The van der Waals surface area contributed by atoms with Gasteiger partial charge in [0.15, 0.2) is 0 Å². The average molecular weight is 232 g/mol. The van der Waals surface area contributed by atoms with Crippen LogP contribution in [0, 0.1) is 0 Å². The minimum atomic E-state index is 0.265. The number of phenolic OH excluding ortho intramolecular Hbond substituents is 1. The van der Waals surface area contributed by atoms with E-state index in [1.165, 1.54) is 0 Å². The van der Waals surface area contributed by atoms with Gasteiger partial charge in [-0.1, -0.05) is 11.8 Å². The van der Waals surface area contributed by atoms with Gasteiger partial charge in [0.2, 0.25) is 0 Å². The lowest BCUT2D eigenvalue weighted by atomic mass is 10.3. The topological polar surface area (TPSA) is 72.3 Å². The molecule has 0 aliphatic carbocycles. The molecule has 0 amide bonds. The van der Waals surface area contributed by atoms with Crippen molar-refractivity contribution in [3.05, 3.63) is 42.5 Å². The van der Waals surface area contributed by atoms with Crippen LogP contribution in [0.25, 0.3) is 0 Å². The maximum Gasteiger partial charge on any atom is 0.115 e. The zero-order valence-corrected chi connectivity index (χ0v) is 9.37. The van der Waals surface area contributed by atoms with Crippen molar-refractivity contribution in [2.24, 2.45) is 0 Å². The summed E-state index contributed by atoms with van der Waals surface area (Å²) in [6, 6.07) is 12.6. The molecule has 0 unspecified atom stereocenters. The van der Waals surface area contributed by atoms with E-state index in [1.807, 2.05) is 24.3 Å². The molecule has 2 aromatic carbocycles. The van der Waals surface area contributed by atoms with Crippen molar-refractivity contribution in [1.82, 2.24) is 0 Å². The molecule has 0 radical (unpaired) electrons. The molecule has 5 N–H and O–H groups in total. The Balaban J connectivity index is 2.20. The van der Waals surface area contributed by atoms with Crippen LogP contribution in [0.15, 0.2) is 52.3 Å². The number of hydrogen-bond acceptors (Lipinski definition) is 4. The Labute approximate surface area is 98.1 Å². The van der Waals surface area contributed by atoms with E-state index in [0.717, 1.165) is 9.79 Å². The Hall–Kier alpha value is -1.81. The van der Waals surface area contributed by atoms with E-state index in [1.54, 1.807) is 30.0 Å². The maximum atomic E-state index is 9.16. The van der Waals surface area contributed by atoms with Gasteiger partial charge < -0.3 is 16.6 Å². The minimum Gasteiger partial charge on any atom is -0.508 e. The van der Waals surface area contributed by atoms with Crippen molar-refractivity contribution >= 4 is 23.1 Å². The van der Waals surface area contributed by atoms with E-state index in [0.29, 0.717) is 11.4 Å². The standard InChI is InChI=1S/C12H12N2OS/c13-11-6-5-10(7-12(11)14)16-9-3-1-8(15)2-4-9/h1-7,15H,13-14H2. The third-order valence-electron chi connectivity index (χ3n) is 2.13. The smallest absolute Gasteiger partial charge is 0.115 e. The summed E-state index contributed by atoms with van der Waals surface area (Å²) in [5.41, 5.74) is 12.5. The Bertz CT molecular complexity index is 497. The molecule has 0 saturated carbocycles. The van der Waals surface area contributed by atoms with Crippen molar-refractivity contribution in [3.63, 3.8) is 0 Å². The lowest BCUT2D eigenvalue weighted by Gasteiger charge is -2.04. The first-order valence-corrected chi connectivity index (χ1v) is 5.59. The van der Waals surface area contributed by atoms with E-state index in [2.05, 4.69) is 0 Å². The average Bonchev–Trinajstić information content (AvgIpc) is 2.27. The number of nitrogens with two attached hydrogens (primary N) is 2. The first-order valence-electron chi connectivity index (χ1n) is 4.77. The van der Waals surface area contributed by atoms with Gasteiger partial charge in [0.25, 0.3) is 0 Å². The van der Waals surface area contributed by atoms with Gasteiger partial charge in [-0.2, -0.15) is 0 Å². The Kier molecular flexibility index (Phi) is 2.92. The number of phenols is 1. The van der Waals surface area contributed by atoms with Gasteiger partial charge in [-0.05, 0) is 42.5 Å². The summed E-state index contributed by atoms with van der Waals surface area (Å²) in [6.07, 6.45) is 0. The highest BCUT2D eigenvalue weighted by molar-refractivity contribution is 7.99. The molecular formula is C12H12N2OS. The first-order chi connectivity index (χ1) is 7.65. The largest absolute Gasteiger partial charge is 0.508 e. The van der Waals surface area contributed by atoms with E-state index in [4.69, 9.17) is 16.6 Å². The summed E-state index contributed by atoms with van der Waals surface area (Å²) in [7, 11) is 0. The maximum absolute atomic E-state index is 9.16. The Morgan fingerprint density at radius 3 is 2.06 bits per heavy atom. The van der Waals surface area contributed by atoms with Crippen LogP contribution in [0.3, 0.4) is 0 Å². The quantitative estimate of drug-likeness (QED) is 0.696. The fourth-order valence-electron chi connectivity index (χ4n) is 1.27. The summed E-state index contributed by atoms with van der Waals surface area (Å²) in [4.78, 5) is 2.07. The van der Waals surface area contributed by atoms with E-state index < -0.39 is 0 Å². The third-order valence-corrected chi connectivity index (χ3v) is 3.13. The predicted molar refractivity (Wildman–Crippen MR) is 67.5 cm³/mol. The van der Waals surface area contributed by atoms with Gasteiger partial charge in [-0.25, -0.2) is 0 Å². The van der Waals surface area contributed by atoms with Gasteiger partial charge in [-0.3, -0.25) is 0 Å². The highest BCUT2D eigenvalue weighted by Crippen LogP contribution is 2.31. The molecule has 3 nitrogen and oxygen atoms in total. The van der Waals surface area contributed by atoms with Crippen molar-refractivity contribution in [3.8, 4) is 5.75 Å². The molecule has 0 bridgehead atoms. The van der Waals surface area contributed by atoms with Gasteiger partial charge in [-0.15, -0.1) is 0 Å². The number of rotatable bonds is 2. The van der Waals surface area contributed by atoms with Crippen molar-refractivity contribution < 1.29 is 5.11 Å². The molecule has 0 fully saturated rings. The molecule has 2 rings (SSSR count). The predicted octanol–water partition coefficient (Wildman–Crippen LogP) is 2.71. The van der Waals surface area contributed by atoms with Crippen LogP contribution < -0.4 is 11.5 Å². The molecule has 82 valence electrons. The van der Waals surface area contributed by atoms with Crippen LogP contribution >= 0.6 is 11.8 Å². The van der Waals surface area contributed by atoms with E-state index in [9.17, 15) is 0 Å². The number of benzene rings is 2. The first kappa shape index (κ1) is 10.7. The number of aromatic hydroxyl groups is 1. The molecule has 0 spiro atoms. The second-order valence-electron chi connectivity index (χ2n) is 3.39. The normalized spacial score (nSPS) is 10.2. The zero-order chi connectivity index (χ0) is 11.5. The second-order valence-corrected chi connectivity index (χ2v) is 4.53. The summed E-state index contributed by atoms with van der Waals surface area (Å²) in [5, 5.41) is 9.16. The molecule has 0 aliphatic heterocycles. The van der Waals surface area contributed by atoms with E-state index >= 15 is 0 Å². The van der Waals surface area contributed by atoms with Crippen molar-refractivity contribution in [2.45, 2.75) is 9.79 Å². The van der Waals surface area contributed by atoms with Crippen LogP contribution in [0.2, 0.25) is 0 Å². The Morgan fingerprint density at radius 2 is 1.44 bits per heavy atom. The minimum absolute atomic E-state index is 0.265. The van der Waals surface area contributed by atoms with Crippen molar-refractivity contribution in [2.75, 3.05) is 11.5 Å². The SMILES string of the molecule is Nc1ccc(Sc2ccc(O)cc2)cc1N. The summed E-state index contributed by atoms with van der Waals surface area (Å²) in [5.74, 6) is 0.265. The third kappa shape index (κ3) is 2.41. The highest BCUT2D eigenvalue weighted by atomic mass is 32.2. The van der Waals surface area contributed by atoms with Gasteiger partial charge in [0.1, 0.15) is 5.75 Å². The lowest BCUT2D eigenvalue weighted by Crippen LogP contribution is -1.93. The molecule has 2 aromatic rings. The summed E-state index contributed by atoms with van der Waals surface area (Å²) in [6.45, 7) is 0. The molecular weight excluding hydrogens is 220 g/mol. The van der Waals surface area contributed by atoms with Gasteiger partial charge in [0, 0.05) is 9.79 Å². The fourth-order valence-corrected chi connectivity index (χ4v) is 2.13. The lowest BCUT2D eigenvalue weighted by molar-refractivity contribution is 0.475. The summed E-state index contributed by atoms with van der Waals surface area (Å²) < 4.78 is 0. The molecule has 0 atom stereocenters. The molecule has 0 heterocycles. The molecule has 0 aromatic heterocycles. The van der Waals surface area contributed by atoms with Crippen LogP contribution in [0.5, 0.6) is 5.75 Å². The van der Waals surface area contributed by atoms with Crippen LogP contribution in [0.1, 0.15) is 0 Å². The molecule has 16 heavy (non-hydrogen) atoms. The number of hydrogen-bond donors (Lipinski definition) is 3. The van der Waals surface area contributed by atoms with Gasteiger partial charge >= 0.3 is 0 Å². The number of anilines is 2.